The lowest BCUT2D eigenvalue weighted by molar-refractivity contribution is 0.469. The van der Waals surface area contributed by atoms with Crippen LogP contribution in [0.25, 0.3) is 0 Å². The molecule has 0 aliphatic heterocycles. The first kappa shape index (κ1) is 14.0. The van der Waals surface area contributed by atoms with Crippen LogP contribution in [-0.4, -0.2) is 11.0 Å². The molecule has 0 saturated heterocycles. The van der Waals surface area contributed by atoms with E-state index in [4.69, 9.17) is 4.74 Å². The predicted molar refractivity (Wildman–Crippen MR) is 86.0 cm³/mol. The molecule has 104 valence electrons. The molecule has 5 heteroatoms. The van der Waals surface area contributed by atoms with E-state index in [1.54, 1.807) is 12.4 Å². The Labute approximate surface area is 135 Å². The Bertz CT molecular complexity index is 615. The van der Waals surface area contributed by atoms with Crippen LogP contribution in [0.1, 0.15) is 18.4 Å². The number of pyridine rings is 1. The molecule has 3 rings (SSSR count). The summed E-state index contributed by atoms with van der Waals surface area (Å²) in [6, 6.07) is 8.70. The van der Waals surface area contributed by atoms with Crippen molar-refractivity contribution in [3.05, 3.63) is 51.2 Å². The van der Waals surface area contributed by atoms with Crippen LogP contribution in [0.4, 0.5) is 0 Å². The Balaban J connectivity index is 1.80. The van der Waals surface area contributed by atoms with Crippen molar-refractivity contribution in [2.75, 3.05) is 0 Å². The van der Waals surface area contributed by atoms with Gasteiger partial charge in [-0.1, -0.05) is 22.0 Å². The molecule has 1 N–H and O–H groups in total. The van der Waals surface area contributed by atoms with Gasteiger partial charge in [0.05, 0.1) is 6.20 Å². The molecule has 0 spiro atoms. The number of hydrogen-bond donors (Lipinski definition) is 1. The van der Waals surface area contributed by atoms with Gasteiger partial charge in [-0.05, 0) is 47.0 Å². The highest BCUT2D eigenvalue weighted by Crippen LogP contribution is 2.30. The highest BCUT2D eigenvalue weighted by Gasteiger charge is 2.20. The minimum absolute atomic E-state index is 0.680. The lowest BCUT2D eigenvalue weighted by Gasteiger charge is -2.12. The van der Waals surface area contributed by atoms with Gasteiger partial charge in [0.25, 0.3) is 0 Å². The summed E-state index contributed by atoms with van der Waals surface area (Å²) in [6.07, 6.45) is 6.01. The minimum Gasteiger partial charge on any atom is -0.455 e. The van der Waals surface area contributed by atoms with Crippen LogP contribution in [0.15, 0.2) is 45.6 Å². The molecule has 0 unspecified atom stereocenters. The lowest BCUT2D eigenvalue weighted by Crippen LogP contribution is -2.15. The smallest absolute Gasteiger partial charge is 0.146 e. The summed E-state index contributed by atoms with van der Waals surface area (Å²) in [5.74, 6) is 1.58. The van der Waals surface area contributed by atoms with Crippen molar-refractivity contribution in [1.82, 2.24) is 10.3 Å². The second-order valence-corrected chi connectivity index (χ2v) is 6.68. The molecule has 2 aromatic rings. The number of halogens is 2. The highest BCUT2D eigenvalue weighted by atomic mass is 79.9. The SMILES string of the molecule is Brc1cncc(Oc2cc(Br)ccc2CNC2CC2)c1. The van der Waals surface area contributed by atoms with Gasteiger partial charge in [-0.25, -0.2) is 0 Å². The molecule has 1 aromatic carbocycles. The normalized spacial score (nSPS) is 14.3. The number of hydrogen-bond acceptors (Lipinski definition) is 3. The van der Waals surface area contributed by atoms with Crippen molar-refractivity contribution >= 4 is 31.9 Å². The van der Waals surface area contributed by atoms with Gasteiger partial charge in [0.1, 0.15) is 11.5 Å². The third kappa shape index (κ3) is 3.81. The Hall–Kier alpha value is -0.910. The Morgan fingerprint density at radius 3 is 2.75 bits per heavy atom. The fraction of sp³-hybridized carbons (Fsp3) is 0.267. The fourth-order valence-corrected chi connectivity index (χ4v) is 2.57. The van der Waals surface area contributed by atoms with Crippen molar-refractivity contribution in [2.45, 2.75) is 25.4 Å². The second kappa shape index (κ2) is 6.24. The molecule has 0 atom stereocenters. The first-order valence-electron chi connectivity index (χ1n) is 6.51. The van der Waals surface area contributed by atoms with Gasteiger partial charge in [0.2, 0.25) is 0 Å². The first-order valence-corrected chi connectivity index (χ1v) is 8.09. The molecule has 20 heavy (non-hydrogen) atoms. The van der Waals surface area contributed by atoms with Gasteiger partial charge in [0.15, 0.2) is 0 Å². The van der Waals surface area contributed by atoms with E-state index in [1.807, 2.05) is 18.2 Å². The topological polar surface area (TPSA) is 34.1 Å². The van der Waals surface area contributed by atoms with Gasteiger partial charge < -0.3 is 10.1 Å². The quantitative estimate of drug-likeness (QED) is 0.797. The number of rotatable bonds is 5. The summed E-state index contributed by atoms with van der Waals surface area (Å²) in [5.41, 5.74) is 1.15. The van der Waals surface area contributed by atoms with Crippen LogP contribution in [0.5, 0.6) is 11.5 Å². The highest BCUT2D eigenvalue weighted by molar-refractivity contribution is 9.10. The zero-order valence-corrected chi connectivity index (χ0v) is 13.9. The molecule has 0 amide bonds. The van der Waals surface area contributed by atoms with E-state index in [9.17, 15) is 0 Å². The van der Waals surface area contributed by atoms with Crippen LogP contribution >= 0.6 is 31.9 Å². The zero-order chi connectivity index (χ0) is 13.9. The van der Waals surface area contributed by atoms with Crippen LogP contribution in [-0.2, 0) is 6.54 Å². The third-order valence-electron chi connectivity index (χ3n) is 3.10. The van der Waals surface area contributed by atoms with Gasteiger partial charge in [0, 0.05) is 33.3 Å². The van der Waals surface area contributed by atoms with E-state index < -0.39 is 0 Å². The second-order valence-electron chi connectivity index (χ2n) is 4.85. The summed E-state index contributed by atoms with van der Waals surface area (Å²) in [7, 11) is 0. The maximum atomic E-state index is 5.96. The largest absolute Gasteiger partial charge is 0.455 e. The van der Waals surface area contributed by atoms with E-state index in [0.29, 0.717) is 6.04 Å². The first-order chi connectivity index (χ1) is 9.70. The molecular formula is C15H14Br2N2O. The summed E-state index contributed by atoms with van der Waals surface area (Å²) in [5, 5.41) is 3.51. The van der Waals surface area contributed by atoms with E-state index in [-0.39, 0.29) is 0 Å². The molecule has 3 nitrogen and oxygen atoms in total. The Morgan fingerprint density at radius 1 is 1.15 bits per heavy atom. The average molecular weight is 398 g/mol. The Kier molecular flexibility index (Phi) is 4.38. The Morgan fingerprint density at radius 2 is 2.00 bits per heavy atom. The van der Waals surface area contributed by atoms with Gasteiger partial charge in [-0.3, -0.25) is 4.98 Å². The minimum atomic E-state index is 0.680. The molecule has 1 aliphatic carbocycles. The maximum absolute atomic E-state index is 5.96. The van der Waals surface area contributed by atoms with E-state index in [1.165, 1.54) is 12.8 Å². The number of aromatic nitrogens is 1. The number of nitrogens with one attached hydrogen (secondary N) is 1. The summed E-state index contributed by atoms with van der Waals surface area (Å²) < 4.78 is 7.87. The molecule has 0 bridgehead atoms. The van der Waals surface area contributed by atoms with Crippen molar-refractivity contribution in [2.24, 2.45) is 0 Å². The number of nitrogens with zero attached hydrogens (tertiary/aromatic N) is 1. The fourth-order valence-electron chi connectivity index (χ4n) is 1.89. The van der Waals surface area contributed by atoms with Crippen LogP contribution in [0.3, 0.4) is 0 Å². The molecule has 0 radical (unpaired) electrons. The van der Waals surface area contributed by atoms with E-state index >= 15 is 0 Å². The monoisotopic (exact) mass is 396 g/mol. The molecule has 1 aliphatic rings. The lowest BCUT2D eigenvalue weighted by atomic mass is 10.2. The molecule has 1 fully saturated rings. The van der Waals surface area contributed by atoms with Crippen molar-refractivity contribution in [1.29, 1.82) is 0 Å². The van der Waals surface area contributed by atoms with Crippen LogP contribution < -0.4 is 10.1 Å². The summed E-state index contributed by atoms with van der Waals surface area (Å²) in [4.78, 5) is 4.12. The van der Waals surface area contributed by atoms with E-state index in [2.05, 4.69) is 48.2 Å². The van der Waals surface area contributed by atoms with Gasteiger partial charge in [-0.2, -0.15) is 0 Å². The molecular weight excluding hydrogens is 384 g/mol. The van der Waals surface area contributed by atoms with Gasteiger partial charge >= 0.3 is 0 Å². The van der Waals surface area contributed by atoms with Crippen LogP contribution in [0, 0.1) is 0 Å². The molecule has 1 saturated carbocycles. The maximum Gasteiger partial charge on any atom is 0.146 e. The summed E-state index contributed by atoms with van der Waals surface area (Å²) >= 11 is 6.89. The molecule has 1 aromatic heterocycles. The van der Waals surface area contributed by atoms with Gasteiger partial charge in [-0.15, -0.1) is 0 Å². The van der Waals surface area contributed by atoms with Crippen molar-refractivity contribution in [3.8, 4) is 11.5 Å². The van der Waals surface area contributed by atoms with E-state index in [0.717, 1.165) is 32.6 Å². The van der Waals surface area contributed by atoms with Crippen molar-refractivity contribution < 1.29 is 4.74 Å². The zero-order valence-electron chi connectivity index (χ0n) is 10.8. The standard InChI is InChI=1S/C15H14Br2N2O/c16-11-2-1-10(7-19-13-3-4-13)15(6-11)20-14-5-12(17)8-18-9-14/h1-2,5-6,8-9,13,19H,3-4,7H2. The third-order valence-corrected chi connectivity index (χ3v) is 4.02. The average Bonchev–Trinajstić information content (AvgIpc) is 3.22. The summed E-state index contributed by atoms with van der Waals surface area (Å²) in [6.45, 7) is 0.828. The number of ether oxygens (including phenoxy) is 1. The van der Waals surface area contributed by atoms with Crippen LogP contribution in [0.2, 0.25) is 0 Å². The molecule has 1 heterocycles. The van der Waals surface area contributed by atoms with Crippen molar-refractivity contribution in [3.63, 3.8) is 0 Å². The number of benzene rings is 1. The predicted octanol–water partition coefficient (Wildman–Crippen LogP) is 4.65.